The van der Waals surface area contributed by atoms with Crippen LogP contribution in [0, 0.1) is 71.0 Å². The SMILES string of the molecule is C1CNC2C(C1)NCCC2C1CC(C2CCNC3CCCNC32)CC(N2C3CCCCC3C3C4C5CCCCC5N(C5CC(C6CCNC7CCCNC76)CC(C6CCNC7CCCNC76)C5)C4CCC32)C1. The average Bonchev–Trinajstić information content (AvgIpc) is 3.97. The second-order valence-electron chi connectivity index (χ2n) is 29.1. The Bertz CT molecular complexity index is 1610. The second kappa shape index (κ2) is 21.0. The summed E-state index contributed by atoms with van der Waals surface area (Å²) < 4.78 is 0. The molecule has 15 fully saturated rings. The highest BCUT2D eigenvalue weighted by molar-refractivity contribution is 5.18. The Morgan fingerprint density at radius 1 is 0.236 bits per heavy atom. The molecular formula is C62H106N10. The number of nitrogens with zero attached hydrogens (tertiary/aromatic N) is 2. The first-order chi connectivity index (χ1) is 35.7. The molecule has 10 saturated heterocycles. The fourth-order valence-electron chi connectivity index (χ4n) is 24.1. The van der Waals surface area contributed by atoms with E-state index in [1.165, 1.54) is 219 Å². The number of rotatable bonds is 6. The molecule has 404 valence electrons. The van der Waals surface area contributed by atoms with E-state index >= 15 is 0 Å². The van der Waals surface area contributed by atoms with Gasteiger partial charge in [0.2, 0.25) is 0 Å². The fraction of sp³-hybridized carbons (Fsp3) is 1.00. The first-order valence-electron chi connectivity index (χ1n) is 33.1. The van der Waals surface area contributed by atoms with E-state index in [0.717, 1.165) is 107 Å². The molecule has 24 unspecified atom stereocenters. The Balaban J connectivity index is 0.751. The Kier molecular flexibility index (Phi) is 14.2. The summed E-state index contributed by atoms with van der Waals surface area (Å²) in [6.07, 6.45) is 40.9. The van der Waals surface area contributed by atoms with Crippen molar-refractivity contribution >= 4 is 0 Å². The van der Waals surface area contributed by atoms with Crippen molar-refractivity contribution in [1.82, 2.24) is 52.3 Å². The molecule has 0 spiro atoms. The van der Waals surface area contributed by atoms with Crippen LogP contribution >= 0.6 is 0 Å². The fourth-order valence-corrected chi connectivity index (χ4v) is 24.1. The third-order valence-corrected chi connectivity index (χ3v) is 26.4. The summed E-state index contributed by atoms with van der Waals surface area (Å²) in [5.74, 6) is 10.8. The van der Waals surface area contributed by atoms with Crippen molar-refractivity contribution in [1.29, 1.82) is 0 Å². The number of hydrogen-bond acceptors (Lipinski definition) is 10. The molecule has 0 radical (unpaired) electrons. The summed E-state index contributed by atoms with van der Waals surface area (Å²) in [6, 6.07) is 10.7. The summed E-state index contributed by atoms with van der Waals surface area (Å²) in [7, 11) is 0. The van der Waals surface area contributed by atoms with Crippen LogP contribution in [0.5, 0.6) is 0 Å². The monoisotopic (exact) mass is 991 g/mol. The highest BCUT2D eigenvalue weighted by Gasteiger charge is 2.65. The molecule has 10 heterocycles. The van der Waals surface area contributed by atoms with E-state index in [4.69, 9.17) is 0 Å². The number of piperidine rings is 8. The van der Waals surface area contributed by atoms with E-state index in [1.807, 2.05) is 0 Å². The zero-order valence-corrected chi connectivity index (χ0v) is 45.4. The van der Waals surface area contributed by atoms with Crippen molar-refractivity contribution in [3.63, 3.8) is 0 Å². The van der Waals surface area contributed by atoms with Gasteiger partial charge in [0, 0.05) is 84.6 Å². The largest absolute Gasteiger partial charge is 0.312 e. The maximum atomic E-state index is 4.22. The quantitative estimate of drug-likeness (QED) is 0.142. The van der Waals surface area contributed by atoms with Gasteiger partial charge in [0.15, 0.2) is 0 Å². The van der Waals surface area contributed by atoms with E-state index in [1.54, 1.807) is 12.8 Å². The molecule has 0 aromatic heterocycles. The molecule has 10 aliphatic heterocycles. The molecule has 0 bridgehead atoms. The highest BCUT2D eigenvalue weighted by atomic mass is 15.3. The number of nitrogens with one attached hydrogen (secondary N) is 8. The van der Waals surface area contributed by atoms with Crippen LogP contribution in [0.3, 0.4) is 0 Å². The van der Waals surface area contributed by atoms with Crippen LogP contribution in [0.15, 0.2) is 0 Å². The lowest BCUT2D eigenvalue weighted by molar-refractivity contribution is -0.0329. The summed E-state index contributed by atoms with van der Waals surface area (Å²) in [5, 5.41) is 33.1. The van der Waals surface area contributed by atoms with Crippen LogP contribution < -0.4 is 42.5 Å². The van der Waals surface area contributed by atoms with Crippen LogP contribution in [0.4, 0.5) is 0 Å². The first kappa shape index (κ1) is 48.7. The standard InChI is InChI=1S/C62H106N10/c1-3-15-53-47(9-1)57-55(71(53)41-33-37(43-19-27-63-49-11-5-23-67-59(43)49)31-38(34-41)44-20-28-64-50-12-6-24-68-60(44)50)17-18-56-58(57)48-10-2-4-16-54(48)72(56)42-35-39(45-21-29-65-51-13-7-25-69-61(45)51)32-40(36-42)46-22-30-66-52-14-8-26-70-62(46)52/h37-70H,1-36H2. The molecule has 0 aromatic carbocycles. The highest BCUT2D eigenvalue weighted by Crippen LogP contribution is 2.62. The molecular weight excluding hydrogens is 885 g/mol. The third-order valence-electron chi connectivity index (χ3n) is 26.4. The number of hydrogen-bond donors (Lipinski definition) is 8. The predicted octanol–water partition coefficient (Wildman–Crippen LogP) is 6.99. The molecule has 15 aliphatic rings. The lowest BCUT2D eigenvalue weighted by atomic mass is 9.61. The summed E-state index contributed by atoms with van der Waals surface area (Å²) in [4.78, 5) is 7.04. The molecule has 0 amide bonds. The molecule has 8 N–H and O–H groups in total. The zero-order chi connectivity index (χ0) is 47.3. The van der Waals surface area contributed by atoms with Crippen molar-refractivity contribution in [2.24, 2.45) is 71.0 Å². The minimum absolute atomic E-state index is 0.701. The maximum Gasteiger partial charge on any atom is 0.0252 e. The van der Waals surface area contributed by atoms with Gasteiger partial charge in [-0.3, -0.25) is 9.80 Å². The van der Waals surface area contributed by atoms with E-state index in [9.17, 15) is 0 Å². The molecule has 5 aliphatic carbocycles. The van der Waals surface area contributed by atoms with Crippen molar-refractivity contribution < 1.29 is 0 Å². The first-order valence-corrected chi connectivity index (χ1v) is 33.1. The van der Waals surface area contributed by atoms with Crippen LogP contribution in [0.25, 0.3) is 0 Å². The van der Waals surface area contributed by atoms with Gasteiger partial charge in [0.25, 0.3) is 0 Å². The summed E-state index contributed by atoms with van der Waals surface area (Å²) in [6.45, 7) is 10.0. The van der Waals surface area contributed by atoms with E-state index in [2.05, 4.69) is 52.3 Å². The van der Waals surface area contributed by atoms with Gasteiger partial charge in [0.05, 0.1) is 0 Å². The average molecular weight is 992 g/mol. The molecule has 10 heteroatoms. The van der Waals surface area contributed by atoms with Crippen molar-refractivity contribution in [3.8, 4) is 0 Å². The van der Waals surface area contributed by atoms with E-state index in [0.29, 0.717) is 48.3 Å². The smallest absolute Gasteiger partial charge is 0.0252 e. The second-order valence-corrected chi connectivity index (χ2v) is 29.1. The van der Waals surface area contributed by atoms with Gasteiger partial charge in [-0.2, -0.15) is 0 Å². The van der Waals surface area contributed by atoms with Crippen LogP contribution in [0.2, 0.25) is 0 Å². The van der Waals surface area contributed by atoms with Gasteiger partial charge in [0.1, 0.15) is 0 Å². The lowest BCUT2D eigenvalue weighted by Gasteiger charge is -2.55. The van der Waals surface area contributed by atoms with Gasteiger partial charge >= 0.3 is 0 Å². The van der Waals surface area contributed by atoms with Gasteiger partial charge < -0.3 is 42.5 Å². The van der Waals surface area contributed by atoms with E-state index < -0.39 is 0 Å². The van der Waals surface area contributed by atoms with Crippen molar-refractivity contribution in [2.75, 3.05) is 52.4 Å². The minimum Gasteiger partial charge on any atom is -0.312 e. The Morgan fingerprint density at radius 2 is 0.556 bits per heavy atom. The molecule has 24 atom stereocenters. The molecule has 0 aromatic rings. The van der Waals surface area contributed by atoms with Crippen molar-refractivity contribution in [3.05, 3.63) is 0 Å². The number of likely N-dealkylation sites (tertiary alicyclic amines) is 2. The Morgan fingerprint density at radius 3 is 0.889 bits per heavy atom. The maximum absolute atomic E-state index is 4.22. The van der Waals surface area contributed by atoms with Gasteiger partial charge in [-0.05, 0) is 277 Å². The molecule has 15 rings (SSSR count). The Hall–Kier alpha value is -0.400. The van der Waals surface area contributed by atoms with Gasteiger partial charge in [-0.15, -0.1) is 0 Å². The van der Waals surface area contributed by atoms with Crippen LogP contribution in [0.1, 0.15) is 180 Å². The van der Waals surface area contributed by atoms with Gasteiger partial charge in [-0.1, -0.05) is 25.7 Å². The third kappa shape index (κ3) is 8.65. The lowest BCUT2D eigenvalue weighted by Crippen LogP contribution is -2.63. The minimum atomic E-state index is 0.701. The predicted molar refractivity (Wildman–Crippen MR) is 292 cm³/mol. The van der Waals surface area contributed by atoms with Gasteiger partial charge in [-0.25, -0.2) is 0 Å². The van der Waals surface area contributed by atoms with E-state index in [-0.39, 0.29) is 0 Å². The molecule has 72 heavy (non-hydrogen) atoms. The number of fused-ring (bicyclic) bond motifs is 11. The van der Waals surface area contributed by atoms with Crippen LogP contribution in [-0.4, -0.2) is 147 Å². The summed E-state index contributed by atoms with van der Waals surface area (Å²) in [5.41, 5.74) is 0. The van der Waals surface area contributed by atoms with Crippen molar-refractivity contribution in [2.45, 2.75) is 264 Å². The summed E-state index contributed by atoms with van der Waals surface area (Å²) >= 11 is 0. The molecule has 10 nitrogen and oxygen atoms in total. The molecule has 5 saturated carbocycles. The normalized spacial score (nSPS) is 55.2. The van der Waals surface area contributed by atoms with Crippen LogP contribution in [-0.2, 0) is 0 Å². The topological polar surface area (TPSA) is 103 Å². The Labute approximate surface area is 438 Å². The zero-order valence-electron chi connectivity index (χ0n) is 45.4.